The molecule has 0 aliphatic rings. The zero-order valence-corrected chi connectivity index (χ0v) is 17.2. The van der Waals surface area contributed by atoms with Gasteiger partial charge in [-0.3, -0.25) is 24.0 Å². The number of aliphatic hydroxyl groups excluding tert-OH is 1. The van der Waals surface area contributed by atoms with Crippen LogP contribution in [0.2, 0.25) is 0 Å². The number of hydrogen-bond acceptors (Lipinski definition) is 8. The van der Waals surface area contributed by atoms with E-state index in [4.69, 9.17) is 26.8 Å². The number of carbonyl (C=O) groups excluding carboxylic acids is 4. The van der Waals surface area contributed by atoms with Crippen molar-refractivity contribution in [3.63, 3.8) is 0 Å². The van der Waals surface area contributed by atoms with Crippen LogP contribution in [-0.2, 0) is 28.8 Å². The number of amides is 4. The minimum atomic E-state index is -1.81. The van der Waals surface area contributed by atoms with Crippen LogP contribution in [-0.4, -0.2) is 81.7 Å². The molecular weight excluding hydrogens is 418 g/mol. The van der Waals surface area contributed by atoms with E-state index in [2.05, 4.69) is 10.6 Å². The molecule has 0 spiro atoms. The number of primary amides is 1. The van der Waals surface area contributed by atoms with E-state index in [0.717, 1.165) is 0 Å². The van der Waals surface area contributed by atoms with Crippen LogP contribution in [0.4, 0.5) is 0 Å². The van der Waals surface area contributed by atoms with Gasteiger partial charge in [-0.1, -0.05) is 20.3 Å². The lowest BCUT2D eigenvalue weighted by Gasteiger charge is -2.27. The van der Waals surface area contributed by atoms with E-state index in [9.17, 15) is 28.8 Å². The summed E-state index contributed by atoms with van der Waals surface area (Å²) in [7, 11) is 0. The van der Waals surface area contributed by atoms with Gasteiger partial charge >= 0.3 is 11.9 Å². The molecule has 0 saturated heterocycles. The normalized spacial score (nSPS) is 15.5. The molecule has 0 heterocycles. The lowest BCUT2D eigenvalue weighted by atomic mass is 9.97. The summed E-state index contributed by atoms with van der Waals surface area (Å²) in [6.45, 7) is 2.67. The van der Waals surface area contributed by atoms with Gasteiger partial charge in [-0.15, -0.1) is 0 Å². The second-order valence-corrected chi connectivity index (χ2v) is 6.89. The third-order valence-corrected chi connectivity index (χ3v) is 4.36. The Hall–Kier alpha value is -3.26. The fraction of sp³-hybridized carbons (Fsp3) is 0.647. The van der Waals surface area contributed by atoms with Gasteiger partial charge in [0.15, 0.2) is 0 Å². The molecule has 0 aliphatic heterocycles. The lowest BCUT2D eigenvalue weighted by molar-refractivity contribution is -0.147. The van der Waals surface area contributed by atoms with Gasteiger partial charge in [0.25, 0.3) is 0 Å². The molecule has 4 amide bonds. The third kappa shape index (κ3) is 9.86. The first-order valence-corrected chi connectivity index (χ1v) is 9.34. The number of carboxylic acids is 2. The topological polar surface area (TPSA) is 251 Å². The van der Waals surface area contributed by atoms with E-state index in [1.165, 1.54) is 0 Å². The largest absolute Gasteiger partial charge is 0.481 e. The smallest absolute Gasteiger partial charge is 0.326 e. The van der Waals surface area contributed by atoms with Crippen LogP contribution in [0.15, 0.2) is 0 Å². The Morgan fingerprint density at radius 1 is 0.871 bits per heavy atom. The van der Waals surface area contributed by atoms with Crippen molar-refractivity contribution >= 4 is 35.6 Å². The zero-order chi connectivity index (χ0) is 24.3. The van der Waals surface area contributed by atoms with Crippen molar-refractivity contribution in [2.75, 3.05) is 6.61 Å². The minimum absolute atomic E-state index is 0.416. The van der Waals surface area contributed by atoms with Crippen LogP contribution >= 0.6 is 0 Å². The number of aliphatic carboxylic acids is 2. The molecule has 0 bridgehead atoms. The molecule has 5 unspecified atom stereocenters. The van der Waals surface area contributed by atoms with Crippen molar-refractivity contribution in [2.45, 2.75) is 57.3 Å². The second-order valence-electron chi connectivity index (χ2n) is 6.89. The van der Waals surface area contributed by atoms with Crippen LogP contribution in [0.25, 0.3) is 0 Å². The van der Waals surface area contributed by atoms with E-state index in [-0.39, 0.29) is 0 Å². The molecular formula is C17H29N5O9. The summed E-state index contributed by atoms with van der Waals surface area (Å²) in [6, 6.07) is -5.94. The Bertz CT molecular complexity index is 699. The van der Waals surface area contributed by atoms with Crippen molar-refractivity contribution in [1.29, 1.82) is 0 Å². The van der Waals surface area contributed by atoms with Gasteiger partial charge < -0.3 is 42.7 Å². The number of carbonyl (C=O) groups is 6. The Morgan fingerprint density at radius 3 is 1.84 bits per heavy atom. The lowest BCUT2D eigenvalue weighted by Crippen LogP contribution is -2.59. The van der Waals surface area contributed by atoms with Crippen LogP contribution in [0, 0.1) is 5.92 Å². The molecule has 14 heteroatoms. The van der Waals surface area contributed by atoms with Gasteiger partial charge in [-0.2, -0.15) is 0 Å². The van der Waals surface area contributed by atoms with E-state index in [0.29, 0.717) is 6.42 Å². The van der Waals surface area contributed by atoms with Crippen LogP contribution in [0.1, 0.15) is 33.1 Å². The number of nitrogens with two attached hydrogens (primary N) is 2. The predicted octanol–water partition coefficient (Wildman–Crippen LogP) is -3.76. The molecule has 0 rings (SSSR count). The fourth-order valence-corrected chi connectivity index (χ4v) is 2.36. The average molecular weight is 447 g/mol. The highest BCUT2D eigenvalue weighted by Crippen LogP contribution is 2.09. The van der Waals surface area contributed by atoms with Gasteiger partial charge in [0.2, 0.25) is 23.6 Å². The highest BCUT2D eigenvalue weighted by Gasteiger charge is 2.33. The van der Waals surface area contributed by atoms with Crippen molar-refractivity contribution in [2.24, 2.45) is 17.4 Å². The summed E-state index contributed by atoms with van der Waals surface area (Å²) < 4.78 is 0. The van der Waals surface area contributed by atoms with Gasteiger partial charge in [0.05, 0.1) is 19.4 Å². The molecule has 0 aromatic carbocycles. The summed E-state index contributed by atoms with van der Waals surface area (Å²) >= 11 is 0. The van der Waals surface area contributed by atoms with Gasteiger partial charge in [-0.25, -0.2) is 4.79 Å². The standard InChI is InChI=1S/C17H29N5O9/c1-3-7(2)13(22-14(27)8(18)6-23)16(29)20-9(4-11(19)24)15(28)21-10(17(30)31)5-12(25)26/h7-10,13,23H,3-6,18H2,1-2H3,(H2,19,24)(H,20,29)(H,21,28)(H,22,27)(H,25,26)(H,30,31). The molecule has 31 heavy (non-hydrogen) atoms. The maximum atomic E-state index is 12.7. The molecule has 5 atom stereocenters. The van der Waals surface area contributed by atoms with E-state index >= 15 is 0 Å². The fourth-order valence-electron chi connectivity index (χ4n) is 2.36. The highest BCUT2D eigenvalue weighted by molar-refractivity contribution is 5.96. The van der Waals surface area contributed by atoms with Crippen molar-refractivity contribution in [3.05, 3.63) is 0 Å². The third-order valence-electron chi connectivity index (χ3n) is 4.36. The van der Waals surface area contributed by atoms with E-state index in [1.807, 2.05) is 5.32 Å². The summed E-state index contributed by atoms with van der Waals surface area (Å²) in [5, 5.41) is 33.3. The molecule has 0 aliphatic carbocycles. The Balaban J connectivity index is 5.56. The summed E-state index contributed by atoms with van der Waals surface area (Å²) in [5.41, 5.74) is 10.5. The van der Waals surface area contributed by atoms with E-state index in [1.54, 1.807) is 13.8 Å². The molecule has 0 radical (unpaired) electrons. The van der Waals surface area contributed by atoms with Crippen LogP contribution in [0.3, 0.4) is 0 Å². The molecule has 0 aromatic rings. The number of aliphatic hydroxyl groups is 1. The number of hydrogen-bond donors (Lipinski definition) is 8. The van der Waals surface area contributed by atoms with Crippen LogP contribution < -0.4 is 27.4 Å². The summed E-state index contributed by atoms with van der Waals surface area (Å²) in [5.74, 6) is -7.46. The SMILES string of the molecule is CCC(C)C(NC(=O)C(N)CO)C(=O)NC(CC(N)=O)C(=O)NC(CC(=O)O)C(=O)O. The molecule has 0 saturated carbocycles. The summed E-state index contributed by atoms with van der Waals surface area (Å²) in [6.07, 6.45) is -1.24. The Kier molecular flexibility index (Phi) is 11.7. The van der Waals surface area contributed by atoms with Crippen LogP contribution in [0.5, 0.6) is 0 Å². The average Bonchev–Trinajstić information content (AvgIpc) is 2.68. The van der Waals surface area contributed by atoms with Gasteiger partial charge in [0.1, 0.15) is 24.2 Å². The monoisotopic (exact) mass is 447 g/mol. The minimum Gasteiger partial charge on any atom is -0.481 e. The number of carboxylic acid groups (broad SMARTS) is 2. The van der Waals surface area contributed by atoms with Crippen molar-refractivity contribution in [1.82, 2.24) is 16.0 Å². The van der Waals surface area contributed by atoms with Gasteiger partial charge in [-0.05, 0) is 5.92 Å². The number of rotatable bonds is 14. The molecule has 176 valence electrons. The molecule has 10 N–H and O–H groups in total. The van der Waals surface area contributed by atoms with E-state index < -0.39 is 85.1 Å². The van der Waals surface area contributed by atoms with Crippen molar-refractivity contribution in [3.8, 4) is 0 Å². The molecule has 14 nitrogen and oxygen atoms in total. The van der Waals surface area contributed by atoms with Gasteiger partial charge in [0, 0.05) is 0 Å². The first-order chi connectivity index (χ1) is 14.3. The Labute approximate surface area is 177 Å². The maximum absolute atomic E-state index is 12.7. The quantitative estimate of drug-likeness (QED) is 0.129. The zero-order valence-electron chi connectivity index (χ0n) is 17.2. The predicted molar refractivity (Wildman–Crippen MR) is 104 cm³/mol. The second kappa shape index (κ2) is 13.1. The maximum Gasteiger partial charge on any atom is 0.326 e. The number of nitrogens with one attached hydrogen (secondary N) is 3. The first kappa shape index (κ1) is 27.7. The Morgan fingerprint density at radius 2 is 1.42 bits per heavy atom. The first-order valence-electron chi connectivity index (χ1n) is 9.34. The molecule has 0 fully saturated rings. The highest BCUT2D eigenvalue weighted by atomic mass is 16.4. The molecule has 0 aromatic heterocycles. The van der Waals surface area contributed by atoms with Crippen molar-refractivity contribution < 1.29 is 44.1 Å². The summed E-state index contributed by atoms with van der Waals surface area (Å²) in [4.78, 5) is 70.4.